The zero-order valence-corrected chi connectivity index (χ0v) is 13.8. The molecule has 124 valence electrons. The summed E-state index contributed by atoms with van der Waals surface area (Å²) in [6.07, 6.45) is 1.23. The molecule has 2 aromatic carbocycles. The fraction of sp³-hybridized carbons (Fsp3) is 0.263. The highest BCUT2D eigenvalue weighted by Crippen LogP contribution is 2.17. The molecule has 5 nitrogen and oxygen atoms in total. The molecular weight excluding hydrogens is 304 g/mol. The third kappa shape index (κ3) is 3.56. The highest BCUT2D eigenvalue weighted by atomic mass is 16.6. The average molecular weight is 324 g/mol. The van der Waals surface area contributed by atoms with E-state index in [9.17, 15) is 4.79 Å². The smallest absolute Gasteiger partial charge is 0.347 e. The van der Waals surface area contributed by atoms with Crippen LogP contribution in [0, 0.1) is 0 Å². The molecule has 3 rings (SSSR count). The van der Waals surface area contributed by atoms with E-state index < -0.39 is 6.10 Å². The number of hydrogen-bond acceptors (Lipinski definition) is 4. The quantitative estimate of drug-likeness (QED) is 0.652. The number of aromatic nitrogens is 2. The molecule has 0 N–H and O–H groups in total. The van der Waals surface area contributed by atoms with Crippen molar-refractivity contribution in [2.24, 2.45) is 0 Å². The van der Waals surface area contributed by atoms with E-state index in [0.717, 1.165) is 23.1 Å². The largest absolute Gasteiger partial charge is 0.479 e. The van der Waals surface area contributed by atoms with Gasteiger partial charge in [0.15, 0.2) is 6.10 Å². The predicted octanol–water partition coefficient (Wildman–Crippen LogP) is 3.42. The molecule has 0 spiro atoms. The first-order valence-corrected chi connectivity index (χ1v) is 7.99. The summed E-state index contributed by atoms with van der Waals surface area (Å²) in [4.78, 5) is 16.0. The molecule has 0 aliphatic carbocycles. The second kappa shape index (κ2) is 7.17. The van der Waals surface area contributed by atoms with E-state index in [0.29, 0.717) is 12.4 Å². The van der Waals surface area contributed by atoms with Gasteiger partial charge in [-0.25, -0.2) is 9.78 Å². The Morgan fingerprint density at radius 2 is 1.92 bits per heavy atom. The van der Waals surface area contributed by atoms with Crippen LogP contribution in [0.15, 0.2) is 54.9 Å². The monoisotopic (exact) mass is 324 g/mol. The Balaban J connectivity index is 1.67. The molecule has 0 saturated carbocycles. The van der Waals surface area contributed by atoms with E-state index >= 15 is 0 Å². The van der Waals surface area contributed by atoms with Crippen LogP contribution < -0.4 is 4.74 Å². The molecule has 1 unspecified atom stereocenters. The van der Waals surface area contributed by atoms with Crippen molar-refractivity contribution in [1.82, 2.24) is 9.55 Å². The first-order valence-electron chi connectivity index (χ1n) is 7.99. The number of rotatable bonds is 6. The summed E-state index contributed by atoms with van der Waals surface area (Å²) in [7, 11) is 0. The Hall–Kier alpha value is -2.82. The maximum atomic E-state index is 11.6. The summed E-state index contributed by atoms with van der Waals surface area (Å²) in [5.41, 5.74) is 3.23. The number of esters is 1. The highest BCUT2D eigenvalue weighted by Gasteiger charge is 2.15. The zero-order valence-electron chi connectivity index (χ0n) is 13.8. The van der Waals surface area contributed by atoms with E-state index in [-0.39, 0.29) is 5.97 Å². The Kier molecular flexibility index (Phi) is 4.79. The molecule has 1 heterocycles. The van der Waals surface area contributed by atoms with Crippen molar-refractivity contribution < 1.29 is 14.3 Å². The van der Waals surface area contributed by atoms with Crippen LogP contribution >= 0.6 is 0 Å². The van der Waals surface area contributed by atoms with Gasteiger partial charge in [0, 0.05) is 6.54 Å². The normalized spacial score (nSPS) is 12.1. The fourth-order valence-corrected chi connectivity index (χ4v) is 2.52. The van der Waals surface area contributed by atoms with Gasteiger partial charge in [-0.05, 0) is 43.7 Å². The number of imidazole rings is 1. The van der Waals surface area contributed by atoms with Crippen LogP contribution in [-0.4, -0.2) is 28.2 Å². The molecule has 24 heavy (non-hydrogen) atoms. The third-order valence-corrected chi connectivity index (χ3v) is 3.74. The van der Waals surface area contributed by atoms with Gasteiger partial charge in [-0.3, -0.25) is 0 Å². The lowest BCUT2D eigenvalue weighted by Crippen LogP contribution is -2.26. The van der Waals surface area contributed by atoms with Crippen LogP contribution in [0.3, 0.4) is 0 Å². The second-order valence-electron chi connectivity index (χ2n) is 5.52. The molecule has 0 amide bonds. The lowest BCUT2D eigenvalue weighted by Gasteiger charge is -2.13. The first-order chi connectivity index (χ1) is 11.7. The molecule has 0 saturated heterocycles. The van der Waals surface area contributed by atoms with Crippen LogP contribution in [0.25, 0.3) is 11.0 Å². The minimum absolute atomic E-state index is 0.352. The summed E-state index contributed by atoms with van der Waals surface area (Å²) in [5.74, 6) is 0.293. The summed E-state index contributed by atoms with van der Waals surface area (Å²) in [5, 5.41) is 0. The Bertz CT molecular complexity index is 824. The number of hydrogen-bond donors (Lipinski definition) is 0. The minimum atomic E-state index is -0.617. The Labute approximate surface area is 140 Å². The SMILES string of the molecule is CCOC(=O)C(C)Oc1ccc(Cn2cnc3ccccc32)cc1. The fourth-order valence-electron chi connectivity index (χ4n) is 2.52. The third-order valence-electron chi connectivity index (χ3n) is 3.74. The van der Waals surface area contributed by atoms with Crippen molar-refractivity contribution in [2.45, 2.75) is 26.5 Å². The van der Waals surface area contributed by atoms with Crippen molar-refractivity contribution in [3.05, 3.63) is 60.4 Å². The van der Waals surface area contributed by atoms with Gasteiger partial charge in [0.2, 0.25) is 0 Å². The molecule has 0 bridgehead atoms. The molecule has 1 aromatic heterocycles. The van der Waals surface area contributed by atoms with Crippen molar-refractivity contribution in [3.63, 3.8) is 0 Å². The number of fused-ring (bicyclic) bond motifs is 1. The van der Waals surface area contributed by atoms with Crippen molar-refractivity contribution >= 4 is 17.0 Å². The summed E-state index contributed by atoms with van der Waals surface area (Å²) in [6.45, 7) is 4.54. The van der Waals surface area contributed by atoms with Crippen LogP contribution in [0.1, 0.15) is 19.4 Å². The van der Waals surface area contributed by atoms with E-state index in [4.69, 9.17) is 9.47 Å². The van der Waals surface area contributed by atoms with Gasteiger partial charge < -0.3 is 14.0 Å². The lowest BCUT2D eigenvalue weighted by atomic mass is 10.2. The topological polar surface area (TPSA) is 53.4 Å². The van der Waals surface area contributed by atoms with E-state index in [2.05, 4.69) is 15.6 Å². The number of nitrogens with zero attached hydrogens (tertiary/aromatic N) is 2. The summed E-state index contributed by atoms with van der Waals surface area (Å²) < 4.78 is 12.6. The van der Waals surface area contributed by atoms with Gasteiger partial charge in [-0.15, -0.1) is 0 Å². The Morgan fingerprint density at radius 1 is 1.17 bits per heavy atom. The molecule has 1 atom stereocenters. The minimum Gasteiger partial charge on any atom is -0.479 e. The van der Waals surface area contributed by atoms with E-state index in [1.807, 2.05) is 48.8 Å². The number of ether oxygens (including phenoxy) is 2. The van der Waals surface area contributed by atoms with Gasteiger partial charge >= 0.3 is 5.97 Å². The zero-order chi connectivity index (χ0) is 16.9. The Morgan fingerprint density at radius 3 is 2.67 bits per heavy atom. The van der Waals surface area contributed by atoms with Crippen molar-refractivity contribution in [1.29, 1.82) is 0 Å². The van der Waals surface area contributed by atoms with Crippen LogP contribution in [0.4, 0.5) is 0 Å². The molecule has 3 aromatic rings. The number of carbonyl (C=O) groups excluding carboxylic acids is 1. The van der Waals surface area contributed by atoms with Gasteiger partial charge in [-0.1, -0.05) is 24.3 Å². The second-order valence-corrected chi connectivity index (χ2v) is 5.52. The van der Waals surface area contributed by atoms with Crippen molar-refractivity contribution in [2.75, 3.05) is 6.61 Å². The van der Waals surface area contributed by atoms with E-state index in [1.165, 1.54) is 0 Å². The standard InChI is InChI=1S/C19H20N2O3/c1-3-23-19(22)14(2)24-16-10-8-15(9-11-16)12-21-13-20-17-6-4-5-7-18(17)21/h4-11,13-14H,3,12H2,1-2H3. The average Bonchev–Trinajstić information content (AvgIpc) is 3.00. The lowest BCUT2D eigenvalue weighted by molar-refractivity contribution is -0.150. The van der Waals surface area contributed by atoms with Crippen molar-refractivity contribution in [3.8, 4) is 5.75 Å². The number of benzene rings is 2. The van der Waals surface area contributed by atoms with Gasteiger partial charge in [0.25, 0.3) is 0 Å². The maximum Gasteiger partial charge on any atom is 0.347 e. The number of para-hydroxylation sites is 2. The number of carbonyl (C=O) groups is 1. The summed E-state index contributed by atoms with van der Waals surface area (Å²) in [6, 6.07) is 15.8. The molecule has 5 heteroatoms. The molecule has 0 aliphatic rings. The molecular formula is C19H20N2O3. The van der Waals surface area contributed by atoms with Crippen LogP contribution in [0.5, 0.6) is 5.75 Å². The van der Waals surface area contributed by atoms with Gasteiger partial charge in [-0.2, -0.15) is 0 Å². The van der Waals surface area contributed by atoms with Gasteiger partial charge in [0.1, 0.15) is 5.75 Å². The van der Waals surface area contributed by atoms with E-state index in [1.54, 1.807) is 13.8 Å². The molecule has 0 fully saturated rings. The van der Waals surface area contributed by atoms with Crippen LogP contribution in [-0.2, 0) is 16.1 Å². The molecule has 0 radical (unpaired) electrons. The first kappa shape index (κ1) is 16.1. The highest BCUT2D eigenvalue weighted by molar-refractivity contribution is 5.75. The maximum absolute atomic E-state index is 11.6. The molecule has 0 aliphatic heterocycles. The predicted molar refractivity (Wildman–Crippen MR) is 92.0 cm³/mol. The summed E-state index contributed by atoms with van der Waals surface area (Å²) >= 11 is 0. The van der Waals surface area contributed by atoms with Gasteiger partial charge in [0.05, 0.1) is 24.0 Å². The van der Waals surface area contributed by atoms with Crippen LogP contribution in [0.2, 0.25) is 0 Å².